The highest BCUT2D eigenvalue weighted by Crippen LogP contribution is 2.32. The van der Waals surface area contributed by atoms with E-state index in [1.165, 1.54) is 12.1 Å². The molecule has 1 fully saturated rings. The lowest BCUT2D eigenvalue weighted by atomic mass is 10.0. The molecule has 6 nitrogen and oxygen atoms in total. The number of ether oxygens (including phenoxy) is 1. The summed E-state index contributed by atoms with van der Waals surface area (Å²) in [6.45, 7) is 2.57. The lowest BCUT2D eigenvalue weighted by molar-refractivity contribution is -0.143. The third kappa shape index (κ3) is 3.41. The second-order valence-electron chi connectivity index (χ2n) is 6.90. The number of rotatable bonds is 5. The van der Waals surface area contributed by atoms with Gasteiger partial charge >= 0.3 is 5.97 Å². The number of hydrogen-bond donors (Lipinski definition) is 2. The molecule has 0 radical (unpaired) electrons. The maximum absolute atomic E-state index is 13.1. The van der Waals surface area contributed by atoms with Crippen molar-refractivity contribution in [1.29, 1.82) is 0 Å². The summed E-state index contributed by atoms with van der Waals surface area (Å²) in [5, 5.41) is 10.8. The van der Waals surface area contributed by atoms with Gasteiger partial charge in [0.2, 0.25) is 0 Å². The largest absolute Gasteiger partial charge is 0.497 e. The molecule has 3 aromatic rings. The van der Waals surface area contributed by atoms with Crippen molar-refractivity contribution in [3.05, 3.63) is 60.0 Å². The predicted molar refractivity (Wildman–Crippen MR) is 105 cm³/mol. The number of nitrogens with zero attached hydrogens (tertiary/aromatic N) is 2. The Morgan fingerprint density at radius 1 is 1.14 bits per heavy atom. The van der Waals surface area contributed by atoms with Crippen molar-refractivity contribution in [2.45, 2.75) is 6.04 Å². The number of carbonyl (C=O) groups is 1. The number of hydrogen-bond acceptors (Lipinski definition) is 4. The Morgan fingerprint density at radius 2 is 1.86 bits per heavy atom. The summed E-state index contributed by atoms with van der Waals surface area (Å²) in [5.74, 6) is -0.444. The number of benzene rings is 2. The van der Waals surface area contributed by atoms with Gasteiger partial charge in [-0.3, -0.25) is 9.69 Å². The Hall–Kier alpha value is -3.06. The van der Waals surface area contributed by atoms with Gasteiger partial charge in [-0.05, 0) is 42.5 Å². The van der Waals surface area contributed by atoms with E-state index in [2.05, 4.69) is 9.88 Å². The number of carboxylic acids is 1. The van der Waals surface area contributed by atoms with Gasteiger partial charge in [0.25, 0.3) is 0 Å². The predicted octanol–water partition coefficient (Wildman–Crippen LogP) is 3.26. The molecule has 1 aromatic heterocycles. The number of fused-ring (bicyclic) bond motifs is 1. The minimum atomic E-state index is -0.876. The first kappa shape index (κ1) is 18.3. The second-order valence-corrected chi connectivity index (χ2v) is 6.90. The highest BCUT2D eigenvalue weighted by Gasteiger charge is 2.32. The average molecular weight is 383 g/mol. The number of nitrogens with one attached hydrogen (secondary N) is 1. The number of halogens is 1. The van der Waals surface area contributed by atoms with Gasteiger partial charge in [0.15, 0.2) is 0 Å². The van der Waals surface area contributed by atoms with Gasteiger partial charge in [-0.1, -0.05) is 0 Å². The number of aliphatic carboxylic acids is 1. The Morgan fingerprint density at radius 3 is 2.50 bits per heavy atom. The van der Waals surface area contributed by atoms with Crippen LogP contribution in [0.5, 0.6) is 5.75 Å². The fourth-order valence-corrected chi connectivity index (χ4v) is 3.85. The lowest BCUT2D eigenvalue weighted by Crippen LogP contribution is -2.49. The standard InChI is InChI=1S/C21H22FN3O3/c1-28-16-6-7-19-17(12-16)18(13-23-19)20(21(26)27)25-10-8-24(9-11-25)15-4-2-14(22)3-5-15/h2-7,12-13,20,23H,8-11H2,1H3,(H,26,27)/t20-/m1/s1. The van der Waals surface area contributed by atoms with Crippen molar-refractivity contribution in [1.82, 2.24) is 9.88 Å². The summed E-state index contributed by atoms with van der Waals surface area (Å²) < 4.78 is 18.4. The molecule has 4 rings (SSSR count). The molecule has 1 atom stereocenters. The van der Waals surface area contributed by atoms with E-state index in [1.54, 1.807) is 25.4 Å². The molecular formula is C21H22FN3O3. The highest BCUT2D eigenvalue weighted by molar-refractivity contribution is 5.90. The zero-order valence-corrected chi connectivity index (χ0v) is 15.6. The molecule has 1 aliphatic rings. The van der Waals surface area contributed by atoms with Gasteiger partial charge in [0.05, 0.1) is 7.11 Å². The van der Waals surface area contributed by atoms with Crippen LogP contribution >= 0.6 is 0 Å². The van der Waals surface area contributed by atoms with E-state index >= 15 is 0 Å². The summed E-state index contributed by atoms with van der Waals surface area (Å²) in [6, 6.07) is 11.3. The molecule has 0 amide bonds. The molecule has 0 saturated carbocycles. The maximum Gasteiger partial charge on any atom is 0.325 e. The van der Waals surface area contributed by atoms with Crippen molar-refractivity contribution in [3.8, 4) is 5.75 Å². The molecule has 2 aromatic carbocycles. The van der Waals surface area contributed by atoms with Crippen LogP contribution in [-0.2, 0) is 4.79 Å². The van der Waals surface area contributed by atoms with E-state index < -0.39 is 12.0 Å². The van der Waals surface area contributed by atoms with Gasteiger partial charge in [0.1, 0.15) is 17.6 Å². The van der Waals surface area contributed by atoms with Crippen molar-refractivity contribution in [2.75, 3.05) is 38.2 Å². The molecule has 1 aliphatic heterocycles. The number of piperazine rings is 1. The van der Waals surface area contributed by atoms with Crippen LogP contribution in [-0.4, -0.2) is 54.2 Å². The van der Waals surface area contributed by atoms with Crippen LogP contribution in [0.2, 0.25) is 0 Å². The fourth-order valence-electron chi connectivity index (χ4n) is 3.85. The Kier molecular flexibility index (Phi) is 4.92. The zero-order chi connectivity index (χ0) is 19.7. The first-order valence-electron chi connectivity index (χ1n) is 9.19. The summed E-state index contributed by atoms with van der Waals surface area (Å²) >= 11 is 0. The molecule has 1 saturated heterocycles. The molecule has 2 N–H and O–H groups in total. The quantitative estimate of drug-likeness (QED) is 0.708. The Labute approximate surface area is 162 Å². The summed E-state index contributed by atoms with van der Waals surface area (Å²) in [4.78, 5) is 19.4. The third-order valence-electron chi connectivity index (χ3n) is 5.32. The van der Waals surface area contributed by atoms with Gasteiger partial charge in [-0.2, -0.15) is 0 Å². The summed E-state index contributed by atoms with van der Waals surface area (Å²) in [6.07, 6.45) is 1.77. The Balaban J connectivity index is 1.56. The van der Waals surface area contributed by atoms with E-state index in [0.717, 1.165) is 22.2 Å². The van der Waals surface area contributed by atoms with Crippen LogP contribution in [0.3, 0.4) is 0 Å². The van der Waals surface area contributed by atoms with Gasteiger partial charge < -0.3 is 19.7 Å². The normalized spacial score (nSPS) is 16.3. The SMILES string of the molecule is COc1ccc2[nH]cc([C@H](C(=O)O)N3CCN(c4ccc(F)cc4)CC3)c2c1. The monoisotopic (exact) mass is 383 g/mol. The van der Waals surface area contributed by atoms with E-state index in [0.29, 0.717) is 31.9 Å². The van der Waals surface area contributed by atoms with Gasteiger partial charge in [0, 0.05) is 54.5 Å². The zero-order valence-electron chi connectivity index (χ0n) is 15.6. The minimum Gasteiger partial charge on any atom is -0.497 e. The Bertz CT molecular complexity index is 978. The number of H-pyrrole nitrogens is 1. The molecule has 146 valence electrons. The average Bonchev–Trinajstić information content (AvgIpc) is 3.12. The van der Waals surface area contributed by atoms with Crippen molar-refractivity contribution in [3.63, 3.8) is 0 Å². The first-order valence-corrected chi connectivity index (χ1v) is 9.19. The summed E-state index contributed by atoms with van der Waals surface area (Å²) in [5.41, 5.74) is 2.56. The van der Waals surface area contributed by atoms with Crippen LogP contribution in [0.15, 0.2) is 48.7 Å². The molecule has 2 heterocycles. The molecule has 0 spiro atoms. The number of aromatic amines is 1. The molecule has 7 heteroatoms. The number of carboxylic acid groups (broad SMARTS) is 1. The minimum absolute atomic E-state index is 0.261. The number of methoxy groups -OCH3 is 1. The van der Waals surface area contributed by atoms with Crippen LogP contribution in [0.1, 0.15) is 11.6 Å². The van der Waals surface area contributed by atoms with E-state index in [4.69, 9.17) is 4.74 Å². The van der Waals surface area contributed by atoms with Crippen LogP contribution in [0.25, 0.3) is 10.9 Å². The van der Waals surface area contributed by atoms with Gasteiger partial charge in [-0.15, -0.1) is 0 Å². The maximum atomic E-state index is 13.1. The first-order chi connectivity index (χ1) is 13.6. The smallest absolute Gasteiger partial charge is 0.325 e. The highest BCUT2D eigenvalue weighted by atomic mass is 19.1. The van der Waals surface area contributed by atoms with Crippen LogP contribution in [0.4, 0.5) is 10.1 Å². The van der Waals surface area contributed by atoms with Crippen LogP contribution in [0, 0.1) is 5.82 Å². The van der Waals surface area contributed by atoms with E-state index in [9.17, 15) is 14.3 Å². The third-order valence-corrected chi connectivity index (χ3v) is 5.32. The van der Waals surface area contributed by atoms with Crippen molar-refractivity contribution < 1.29 is 19.0 Å². The van der Waals surface area contributed by atoms with E-state index in [1.807, 2.05) is 23.1 Å². The second kappa shape index (κ2) is 7.52. The van der Waals surface area contributed by atoms with Gasteiger partial charge in [-0.25, -0.2) is 4.39 Å². The molecule has 0 unspecified atom stereocenters. The van der Waals surface area contributed by atoms with Crippen LogP contribution < -0.4 is 9.64 Å². The molecule has 28 heavy (non-hydrogen) atoms. The number of aromatic nitrogens is 1. The van der Waals surface area contributed by atoms with Crippen molar-refractivity contribution >= 4 is 22.6 Å². The van der Waals surface area contributed by atoms with E-state index in [-0.39, 0.29) is 5.82 Å². The topological polar surface area (TPSA) is 68.8 Å². The number of anilines is 1. The van der Waals surface area contributed by atoms with Crippen molar-refractivity contribution in [2.24, 2.45) is 0 Å². The fraction of sp³-hybridized carbons (Fsp3) is 0.286. The molecular weight excluding hydrogens is 361 g/mol. The lowest BCUT2D eigenvalue weighted by Gasteiger charge is -2.38. The molecule has 0 bridgehead atoms. The molecule has 0 aliphatic carbocycles. The summed E-state index contributed by atoms with van der Waals surface area (Å²) in [7, 11) is 1.59.